The van der Waals surface area contributed by atoms with Crippen LogP contribution in [0.15, 0.2) is 18.2 Å². The van der Waals surface area contributed by atoms with Crippen molar-refractivity contribution < 1.29 is 23.9 Å². The van der Waals surface area contributed by atoms with Crippen LogP contribution in [0.1, 0.15) is 57.6 Å². The predicted octanol–water partition coefficient (Wildman–Crippen LogP) is 2.77. The first-order valence-corrected chi connectivity index (χ1v) is 10.4. The summed E-state index contributed by atoms with van der Waals surface area (Å²) in [5.74, 6) is 0.532. The quantitative estimate of drug-likeness (QED) is 0.665. The molecule has 3 rings (SSSR count). The predicted molar refractivity (Wildman–Crippen MR) is 111 cm³/mol. The number of nitrogens with one attached hydrogen (secondary N) is 2. The molecule has 1 saturated carbocycles. The van der Waals surface area contributed by atoms with Crippen LogP contribution in [0.5, 0.6) is 11.5 Å². The van der Waals surface area contributed by atoms with E-state index >= 15 is 0 Å². The number of benzene rings is 1. The molecule has 8 heteroatoms. The molecule has 0 aromatic heterocycles. The number of urea groups is 1. The van der Waals surface area contributed by atoms with Gasteiger partial charge in [-0.3, -0.25) is 14.5 Å². The molecular weight excluding hydrogens is 386 g/mol. The van der Waals surface area contributed by atoms with E-state index in [-0.39, 0.29) is 17.9 Å². The molecule has 2 unspecified atom stereocenters. The van der Waals surface area contributed by atoms with Crippen molar-refractivity contribution in [3.63, 3.8) is 0 Å². The van der Waals surface area contributed by atoms with Crippen LogP contribution >= 0.6 is 0 Å². The summed E-state index contributed by atoms with van der Waals surface area (Å²) in [7, 11) is 3.12. The Morgan fingerprint density at radius 1 is 1.23 bits per heavy atom. The Kier molecular flexibility index (Phi) is 6.53. The van der Waals surface area contributed by atoms with Gasteiger partial charge < -0.3 is 20.1 Å². The van der Waals surface area contributed by atoms with Gasteiger partial charge in [0.2, 0.25) is 5.91 Å². The summed E-state index contributed by atoms with van der Waals surface area (Å²) in [5, 5.41) is 5.65. The summed E-state index contributed by atoms with van der Waals surface area (Å²) >= 11 is 0. The van der Waals surface area contributed by atoms with E-state index in [4.69, 9.17) is 9.47 Å². The molecule has 2 fully saturated rings. The van der Waals surface area contributed by atoms with Crippen molar-refractivity contribution in [3.05, 3.63) is 23.8 Å². The molecule has 0 spiro atoms. The van der Waals surface area contributed by atoms with Gasteiger partial charge in [-0.05, 0) is 43.4 Å². The summed E-state index contributed by atoms with van der Waals surface area (Å²) in [6.07, 6.45) is 5.06. The molecule has 2 atom stereocenters. The van der Waals surface area contributed by atoms with Crippen LogP contribution in [0.3, 0.4) is 0 Å². The van der Waals surface area contributed by atoms with E-state index in [9.17, 15) is 14.4 Å². The van der Waals surface area contributed by atoms with Crippen LogP contribution < -0.4 is 20.1 Å². The third-order valence-electron chi connectivity index (χ3n) is 6.30. The summed E-state index contributed by atoms with van der Waals surface area (Å²) < 4.78 is 10.6. The van der Waals surface area contributed by atoms with Crippen molar-refractivity contribution >= 4 is 17.8 Å². The Balaban J connectivity index is 1.66. The fourth-order valence-electron chi connectivity index (χ4n) is 4.48. The summed E-state index contributed by atoms with van der Waals surface area (Å²) in [6, 6.07) is 3.87. The van der Waals surface area contributed by atoms with Gasteiger partial charge >= 0.3 is 6.03 Å². The minimum absolute atomic E-state index is 0.253. The molecule has 30 heavy (non-hydrogen) atoms. The number of methoxy groups -OCH3 is 2. The Bertz CT molecular complexity index is 819. The first-order chi connectivity index (χ1) is 14.3. The number of ether oxygens (including phenoxy) is 2. The molecule has 0 radical (unpaired) electrons. The number of hydrogen-bond acceptors (Lipinski definition) is 5. The van der Waals surface area contributed by atoms with Crippen molar-refractivity contribution in [2.45, 2.75) is 58.0 Å². The SMILES string of the molecule is COc1ccc(OC)c(C(C)NC(=O)CN2C(=O)NC(C3(C)CCCCC3)C2=O)c1. The lowest BCUT2D eigenvalue weighted by Crippen LogP contribution is -2.46. The van der Waals surface area contributed by atoms with Gasteiger partial charge in [-0.25, -0.2) is 4.79 Å². The molecule has 164 valence electrons. The number of carbonyl (C=O) groups is 3. The minimum atomic E-state index is -0.561. The van der Waals surface area contributed by atoms with E-state index in [1.54, 1.807) is 32.4 Å². The van der Waals surface area contributed by atoms with Crippen molar-refractivity contribution in [2.24, 2.45) is 5.41 Å². The maximum atomic E-state index is 12.9. The van der Waals surface area contributed by atoms with Crippen LogP contribution in [0.4, 0.5) is 4.79 Å². The molecule has 1 heterocycles. The van der Waals surface area contributed by atoms with Crippen LogP contribution in [0.25, 0.3) is 0 Å². The molecule has 2 N–H and O–H groups in total. The Morgan fingerprint density at radius 2 is 1.93 bits per heavy atom. The zero-order valence-electron chi connectivity index (χ0n) is 18.1. The van der Waals surface area contributed by atoms with Crippen LogP contribution in [-0.4, -0.2) is 49.6 Å². The molecule has 1 aromatic rings. The largest absolute Gasteiger partial charge is 0.497 e. The van der Waals surface area contributed by atoms with Crippen molar-refractivity contribution in [3.8, 4) is 11.5 Å². The van der Waals surface area contributed by atoms with E-state index in [1.807, 2.05) is 6.92 Å². The van der Waals surface area contributed by atoms with Gasteiger partial charge in [0, 0.05) is 5.56 Å². The molecular formula is C22H31N3O5. The smallest absolute Gasteiger partial charge is 0.325 e. The van der Waals surface area contributed by atoms with Crippen molar-refractivity contribution in [1.82, 2.24) is 15.5 Å². The van der Waals surface area contributed by atoms with Gasteiger partial charge in [0.15, 0.2) is 0 Å². The monoisotopic (exact) mass is 417 g/mol. The van der Waals surface area contributed by atoms with Gasteiger partial charge in [-0.1, -0.05) is 26.2 Å². The number of imide groups is 1. The third kappa shape index (κ3) is 4.37. The Labute approximate surface area is 177 Å². The second-order valence-electron chi connectivity index (χ2n) is 8.42. The molecule has 0 bridgehead atoms. The molecule has 1 saturated heterocycles. The Hall–Kier alpha value is -2.77. The van der Waals surface area contributed by atoms with Gasteiger partial charge in [0.1, 0.15) is 24.1 Å². The lowest BCUT2D eigenvalue weighted by molar-refractivity contribution is -0.134. The highest BCUT2D eigenvalue weighted by molar-refractivity contribution is 6.06. The topological polar surface area (TPSA) is 97.0 Å². The zero-order valence-corrected chi connectivity index (χ0v) is 18.1. The lowest BCUT2D eigenvalue weighted by atomic mass is 9.70. The first-order valence-electron chi connectivity index (χ1n) is 10.4. The zero-order chi connectivity index (χ0) is 21.9. The van der Waals surface area contributed by atoms with Gasteiger partial charge in [0.25, 0.3) is 5.91 Å². The molecule has 8 nitrogen and oxygen atoms in total. The highest BCUT2D eigenvalue weighted by Crippen LogP contribution is 2.40. The number of amides is 4. The second-order valence-corrected chi connectivity index (χ2v) is 8.42. The summed E-state index contributed by atoms with van der Waals surface area (Å²) in [5.41, 5.74) is 0.493. The van der Waals surface area contributed by atoms with E-state index in [0.717, 1.165) is 42.6 Å². The molecule has 1 aliphatic heterocycles. The minimum Gasteiger partial charge on any atom is -0.497 e. The second kappa shape index (κ2) is 8.93. The molecule has 2 aliphatic rings. The fraction of sp³-hybridized carbons (Fsp3) is 0.591. The molecule has 1 aromatic carbocycles. The maximum absolute atomic E-state index is 12.9. The average Bonchev–Trinajstić information content (AvgIpc) is 3.02. The normalized spacial score (nSPS) is 21.7. The number of hydrogen-bond donors (Lipinski definition) is 2. The average molecular weight is 418 g/mol. The highest BCUT2D eigenvalue weighted by Gasteiger charge is 2.49. The number of rotatable bonds is 7. The number of carbonyl (C=O) groups excluding carboxylic acids is 3. The van der Waals surface area contributed by atoms with Crippen molar-refractivity contribution in [1.29, 1.82) is 0 Å². The standard InChI is InChI=1S/C22H31N3O5/c1-14(16-12-15(29-3)8-9-17(16)30-4)23-18(26)13-25-20(27)19(24-21(25)28)22(2)10-6-5-7-11-22/h8-9,12,14,19H,5-7,10-11,13H2,1-4H3,(H,23,26)(H,24,28). The van der Waals surface area contributed by atoms with Gasteiger partial charge in [-0.15, -0.1) is 0 Å². The number of nitrogens with zero attached hydrogens (tertiary/aromatic N) is 1. The summed E-state index contributed by atoms with van der Waals surface area (Å²) in [4.78, 5) is 39.0. The highest BCUT2D eigenvalue weighted by atomic mass is 16.5. The van der Waals surface area contributed by atoms with Crippen LogP contribution in [0, 0.1) is 5.41 Å². The lowest BCUT2D eigenvalue weighted by Gasteiger charge is -2.37. The van der Waals surface area contributed by atoms with E-state index in [0.29, 0.717) is 11.5 Å². The van der Waals surface area contributed by atoms with E-state index in [1.165, 1.54) is 0 Å². The Morgan fingerprint density at radius 3 is 2.57 bits per heavy atom. The van der Waals surface area contributed by atoms with Crippen LogP contribution in [-0.2, 0) is 9.59 Å². The van der Waals surface area contributed by atoms with Crippen LogP contribution in [0.2, 0.25) is 0 Å². The van der Waals surface area contributed by atoms with E-state index in [2.05, 4.69) is 17.6 Å². The third-order valence-corrected chi connectivity index (χ3v) is 6.30. The summed E-state index contributed by atoms with van der Waals surface area (Å²) in [6.45, 7) is 3.55. The maximum Gasteiger partial charge on any atom is 0.325 e. The van der Waals surface area contributed by atoms with Gasteiger partial charge in [-0.2, -0.15) is 0 Å². The van der Waals surface area contributed by atoms with Gasteiger partial charge in [0.05, 0.1) is 20.3 Å². The molecule has 4 amide bonds. The fourth-order valence-corrected chi connectivity index (χ4v) is 4.48. The first kappa shape index (κ1) is 21.9. The van der Waals surface area contributed by atoms with E-state index < -0.39 is 24.0 Å². The van der Waals surface area contributed by atoms with Crippen molar-refractivity contribution in [2.75, 3.05) is 20.8 Å². The molecule has 1 aliphatic carbocycles.